The molecule has 1 aliphatic rings. The number of amides is 1. The number of nitrogens with two attached hydrogens (primary N) is 1. The summed E-state index contributed by atoms with van der Waals surface area (Å²) in [5.74, 6) is -1.21. The van der Waals surface area contributed by atoms with E-state index in [0.29, 0.717) is 12.2 Å². The molecule has 1 aliphatic heterocycles. The lowest BCUT2D eigenvalue weighted by atomic mass is 9.77. The van der Waals surface area contributed by atoms with Gasteiger partial charge in [0.1, 0.15) is 0 Å². The molecule has 1 fully saturated rings. The Balaban J connectivity index is 2.00. The summed E-state index contributed by atoms with van der Waals surface area (Å²) in [4.78, 5) is 27.4. The number of primary amides is 1. The Morgan fingerprint density at radius 3 is 2.39 bits per heavy atom. The zero-order valence-corrected chi connectivity index (χ0v) is 20.5. The summed E-state index contributed by atoms with van der Waals surface area (Å²) in [7, 11) is 0. The van der Waals surface area contributed by atoms with Crippen molar-refractivity contribution in [3.05, 3.63) is 65.2 Å². The van der Waals surface area contributed by atoms with E-state index in [-0.39, 0.29) is 23.2 Å². The zero-order chi connectivity index (χ0) is 24.0. The fourth-order valence-corrected chi connectivity index (χ4v) is 5.17. The first-order valence-corrected chi connectivity index (χ1v) is 12.2. The lowest BCUT2D eigenvalue weighted by Crippen LogP contribution is -2.41. The number of hydrogen-bond acceptors (Lipinski definition) is 4. The molecule has 0 aliphatic carbocycles. The molecule has 178 valence electrons. The van der Waals surface area contributed by atoms with Crippen LogP contribution in [0.4, 0.5) is 5.69 Å². The minimum absolute atomic E-state index is 0.0396. The van der Waals surface area contributed by atoms with Gasteiger partial charge in [-0.2, -0.15) is 0 Å². The second kappa shape index (κ2) is 10.9. The molecule has 1 amide bonds. The van der Waals surface area contributed by atoms with E-state index in [1.807, 2.05) is 12.1 Å². The largest absolute Gasteiger partial charge is 0.462 e. The molecule has 2 atom stereocenters. The monoisotopic (exact) mass is 450 g/mol. The van der Waals surface area contributed by atoms with Crippen molar-refractivity contribution in [2.75, 3.05) is 24.6 Å². The second-order valence-electron chi connectivity index (χ2n) is 9.87. The molecule has 5 heteroatoms. The van der Waals surface area contributed by atoms with Crippen molar-refractivity contribution >= 4 is 17.6 Å². The molecular weight excluding hydrogens is 412 g/mol. The molecule has 5 nitrogen and oxygen atoms in total. The van der Waals surface area contributed by atoms with Crippen LogP contribution in [0.15, 0.2) is 48.5 Å². The van der Waals surface area contributed by atoms with Crippen LogP contribution in [0.25, 0.3) is 0 Å². The normalized spacial score (nSPS) is 17.3. The smallest absolute Gasteiger partial charge is 0.338 e. The van der Waals surface area contributed by atoms with Gasteiger partial charge in [-0.15, -0.1) is 0 Å². The Kier molecular flexibility index (Phi) is 8.17. The van der Waals surface area contributed by atoms with E-state index in [1.165, 1.54) is 17.7 Å². The zero-order valence-electron chi connectivity index (χ0n) is 20.5. The minimum atomic E-state index is -0.472. The Hall–Kier alpha value is -2.82. The highest BCUT2D eigenvalue weighted by molar-refractivity contribution is 5.90. The number of carbonyl (C=O) groups is 2. The summed E-state index contributed by atoms with van der Waals surface area (Å²) >= 11 is 0. The molecule has 1 saturated heterocycles. The van der Waals surface area contributed by atoms with Gasteiger partial charge in [0, 0.05) is 24.7 Å². The number of anilines is 1. The predicted octanol–water partition coefficient (Wildman–Crippen LogP) is 5.64. The van der Waals surface area contributed by atoms with Crippen molar-refractivity contribution in [3.8, 4) is 0 Å². The first kappa shape index (κ1) is 24.8. The summed E-state index contributed by atoms with van der Waals surface area (Å²) in [6, 6.07) is 15.6. The average Bonchev–Trinajstić information content (AvgIpc) is 2.78. The molecule has 0 spiro atoms. The molecule has 2 aromatic rings. The number of esters is 1. The molecule has 2 N–H and O–H groups in total. The molecular formula is C28H38N2O3. The number of nitrogens with zero attached hydrogens (tertiary/aromatic N) is 1. The standard InChI is InChI=1S/C28H38N2O3/c1-5-10-23(22-11-7-8-12-24(22)30-18-9-17-28(3,4)19-30)25(26(29)31)20-13-15-21(16-14-20)27(32)33-6-2/h7-8,11-16,23,25H,5-6,9-10,17-19H2,1-4H3,(H2,29,31). The molecule has 0 radical (unpaired) electrons. The van der Waals surface area contributed by atoms with Gasteiger partial charge in [-0.1, -0.05) is 57.5 Å². The lowest BCUT2D eigenvalue weighted by Gasteiger charge is -2.41. The Bertz CT molecular complexity index is 952. The van der Waals surface area contributed by atoms with Gasteiger partial charge in [0.05, 0.1) is 18.1 Å². The maximum atomic E-state index is 12.8. The number of benzene rings is 2. The van der Waals surface area contributed by atoms with Crippen molar-refractivity contribution in [3.63, 3.8) is 0 Å². The summed E-state index contributed by atoms with van der Waals surface area (Å²) in [5, 5.41) is 0. The number of ether oxygens (including phenoxy) is 1. The average molecular weight is 451 g/mol. The number of hydrogen-bond donors (Lipinski definition) is 1. The van der Waals surface area contributed by atoms with E-state index in [1.54, 1.807) is 19.1 Å². The fraction of sp³-hybridized carbons (Fsp3) is 0.500. The van der Waals surface area contributed by atoms with Crippen LogP contribution in [0, 0.1) is 5.41 Å². The van der Waals surface area contributed by atoms with Crippen LogP contribution >= 0.6 is 0 Å². The highest BCUT2D eigenvalue weighted by atomic mass is 16.5. The number of para-hydroxylation sites is 1. The maximum absolute atomic E-state index is 12.8. The first-order chi connectivity index (χ1) is 15.8. The lowest BCUT2D eigenvalue weighted by molar-refractivity contribution is -0.120. The van der Waals surface area contributed by atoms with Crippen molar-refractivity contribution in [1.82, 2.24) is 0 Å². The maximum Gasteiger partial charge on any atom is 0.338 e. The molecule has 0 aromatic heterocycles. The second-order valence-corrected chi connectivity index (χ2v) is 9.87. The molecule has 2 unspecified atom stereocenters. The highest BCUT2D eigenvalue weighted by Gasteiger charge is 2.33. The van der Waals surface area contributed by atoms with E-state index in [2.05, 4.69) is 49.9 Å². The third kappa shape index (κ3) is 5.95. The van der Waals surface area contributed by atoms with Gasteiger partial charge in [0.25, 0.3) is 0 Å². The number of rotatable bonds is 9. The number of carbonyl (C=O) groups excluding carboxylic acids is 2. The first-order valence-electron chi connectivity index (χ1n) is 12.2. The van der Waals surface area contributed by atoms with Crippen molar-refractivity contribution < 1.29 is 14.3 Å². The fourth-order valence-electron chi connectivity index (χ4n) is 5.17. The Labute approximate surface area is 198 Å². The quantitative estimate of drug-likeness (QED) is 0.502. The van der Waals surface area contributed by atoms with Gasteiger partial charge in [0.15, 0.2) is 0 Å². The molecule has 1 heterocycles. The van der Waals surface area contributed by atoms with E-state index < -0.39 is 5.92 Å². The Morgan fingerprint density at radius 2 is 1.79 bits per heavy atom. The minimum Gasteiger partial charge on any atom is -0.462 e. The van der Waals surface area contributed by atoms with E-state index in [0.717, 1.165) is 37.9 Å². The summed E-state index contributed by atoms with van der Waals surface area (Å²) in [6.45, 7) is 10.9. The van der Waals surface area contributed by atoms with Crippen LogP contribution in [0.5, 0.6) is 0 Å². The molecule has 0 bridgehead atoms. The van der Waals surface area contributed by atoms with Gasteiger partial charge in [-0.25, -0.2) is 4.79 Å². The topological polar surface area (TPSA) is 72.6 Å². The predicted molar refractivity (Wildman–Crippen MR) is 134 cm³/mol. The van der Waals surface area contributed by atoms with Gasteiger partial charge >= 0.3 is 5.97 Å². The molecule has 2 aromatic carbocycles. The molecule has 33 heavy (non-hydrogen) atoms. The molecule has 0 saturated carbocycles. The SMILES string of the molecule is CCCC(c1ccccc1N1CCCC(C)(C)C1)C(C(N)=O)c1ccc(C(=O)OCC)cc1. The van der Waals surface area contributed by atoms with E-state index >= 15 is 0 Å². The van der Waals surface area contributed by atoms with Crippen LogP contribution in [-0.2, 0) is 9.53 Å². The van der Waals surface area contributed by atoms with E-state index in [9.17, 15) is 9.59 Å². The van der Waals surface area contributed by atoms with E-state index in [4.69, 9.17) is 10.5 Å². The van der Waals surface area contributed by atoms with Crippen LogP contribution in [0.3, 0.4) is 0 Å². The number of piperidine rings is 1. The summed E-state index contributed by atoms with van der Waals surface area (Å²) in [5.41, 5.74) is 9.97. The van der Waals surface area contributed by atoms with Gasteiger partial charge in [-0.05, 0) is 60.9 Å². The van der Waals surface area contributed by atoms with Crippen LogP contribution in [0.1, 0.15) is 86.7 Å². The van der Waals surface area contributed by atoms with Gasteiger partial charge < -0.3 is 15.4 Å². The van der Waals surface area contributed by atoms with Gasteiger partial charge in [-0.3, -0.25) is 4.79 Å². The highest BCUT2D eigenvalue weighted by Crippen LogP contribution is 2.42. The van der Waals surface area contributed by atoms with Gasteiger partial charge in [0.2, 0.25) is 5.91 Å². The third-order valence-electron chi connectivity index (χ3n) is 6.67. The third-order valence-corrected chi connectivity index (χ3v) is 6.67. The summed E-state index contributed by atoms with van der Waals surface area (Å²) < 4.78 is 5.09. The van der Waals surface area contributed by atoms with Crippen LogP contribution in [-0.4, -0.2) is 31.6 Å². The van der Waals surface area contributed by atoms with Crippen LogP contribution in [0.2, 0.25) is 0 Å². The summed E-state index contributed by atoms with van der Waals surface area (Å²) in [6.07, 6.45) is 4.17. The Morgan fingerprint density at radius 1 is 1.09 bits per heavy atom. The van der Waals surface area contributed by atoms with Crippen molar-refractivity contribution in [2.45, 2.75) is 65.2 Å². The van der Waals surface area contributed by atoms with Crippen LogP contribution < -0.4 is 10.6 Å². The molecule has 3 rings (SSSR count). The van der Waals surface area contributed by atoms with Crippen molar-refractivity contribution in [2.24, 2.45) is 11.1 Å². The van der Waals surface area contributed by atoms with Crippen molar-refractivity contribution in [1.29, 1.82) is 0 Å².